The lowest BCUT2D eigenvalue weighted by Gasteiger charge is -2.08. The number of anilines is 1. The SMILES string of the molecule is O=[N+]([O-])c1cc(F)ccc1NCc1cccc(C(F)F)c1. The summed E-state index contributed by atoms with van der Waals surface area (Å²) in [6.07, 6.45) is -2.58. The topological polar surface area (TPSA) is 55.2 Å². The van der Waals surface area contributed by atoms with Gasteiger partial charge in [-0.25, -0.2) is 13.2 Å². The number of nitro groups is 1. The second-order valence-electron chi connectivity index (χ2n) is 4.32. The second kappa shape index (κ2) is 6.25. The molecule has 0 amide bonds. The first kappa shape index (κ1) is 14.8. The van der Waals surface area contributed by atoms with Crippen LogP contribution in [0.25, 0.3) is 0 Å². The minimum absolute atomic E-state index is 0.118. The van der Waals surface area contributed by atoms with Gasteiger partial charge in [0.25, 0.3) is 12.1 Å². The predicted octanol–water partition coefficient (Wildman–Crippen LogP) is 4.28. The molecule has 7 heteroatoms. The highest BCUT2D eigenvalue weighted by atomic mass is 19.3. The molecule has 0 aromatic heterocycles. The van der Waals surface area contributed by atoms with E-state index >= 15 is 0 Å². The molecule has 0 radical (unpaired) electrons. The molecule has 0 saturated heterocycles. The van der Waals surface area contributed by atoms with Crippen LogP contribution in [0.4, 0.5) is 24.5 Å². The molecule has 0 fully saturated rings. The molecule has 0 unspecified atom stereocenters. The molecule has 0 aliphatic carbocycles. The molecule has 4 nitrogen and oxygen atoms in total. The van der Waals surface area contributed by atoms with E-state index in [2.05, 4.69) is 5.32 Å². The molecule has 0 bridgehead atoms. The highest BCUT2D eigenvalue weighted by Gasteiger charge is 2.14. The molecule has 110 valence electrons. The number of nitrogens with one attached hydrogen (secondary N) is 1. The Morgan fingerprint density at radius 1 is 1.19 bits per heavy atom. The maximum absolute atomic E-state index is 13.0. The van der Waals surface area contributed by atoms with Gasteiger partial charge in [0.1, 0.15) is 11.5 Å². The predicted molar refractivity (Wildman–Crippen MR) is 71.8 cm³/mol. The van der Waals surface area contributed by atoms with Gasteiger partial charge in [0.15, 0.2) is 0 Å². The van der Waals surface area contributed by atoms with Gasteiger partial charge >= 0.3 is 0 Å². The zero-order valence-corrected chi connectivity index (χ0v) is 10.7. The van der Waals surface area contributed by atoms with Crippen LogP contribution in [0.2, 0.25) is 0 Å². The van der Waals surface area contributed by atoms with Gasteiger partial charge in [-0.05, 0) is 23.8 Å². The second-order valence-corrected chi connectivity index (χ2v) is 4.32. The summed E-state index contributed by atoms with van der Waals surface area (Å²) in [5, 5.41) is 13.6. The molecule has 0 heterocycles. The van der Waals surface area contributed by atoms with Gasteiger partial charge < -0.3 is 5.32 Å². The Morgan fingerprint density at radius 3 is 2.62 bits per heavy atom. The Labute approximate surface area is 118 Å². The molecule has 0 spiro atoms. The van der Waals surface area contributed by atoms with E-state index in [0.29, 0.717) is 5.56 Å². The van der Waals surface area contributed by atoms with Gasteiger partial charge in [0, 0.05) is 12.1 Å². The average Bonchev–Trinajstić information content (AvgIpc) is 2.46. The van der Waals surface area contributed by atoms with Gasteiger partial charge in [-0.1, -0.05) is 18.2 Å². The Balaban J connectivity index is 2.17. The average molecular weight is 296 g/mol. The van der Waals surface area contributed by atoms with Crippen LogP contribution in [-0.4, -0.2) is 4.92 Å². The van der Waals surface area contributed by atoms with Crippen LogP contribution in [0.1, 0.15) is 17.6 Å². The van der Waals surface area contributed by atoms with E-state index in [1.807, 2.05) is 0 Å². The van der Waals surface area contributed by atoms with Crippen molar-refractivity contribution < 1.29 is 18.1 Å². The normalized spacial score (nSPS) is 10.7. The van der Waals surface area contributed by atoms with E-state index in [-0.39, 0.29) is 17.8 Å². The van der Waals surface area contributed by atoms with E-state index in [9.17, 15) is 23.3 Å². The Bertz CT molecular complexity index is 662. The molecule has 2 rings (SSSR count). The molecule has 1 N–H and O–H groups in total. The molecular formula is C14H11F3N2O2. The quantitative estimate of drug-likeness (QED) is 0.661. The highest BCUT2D eigenvalue weighted by Crippen LogP contribution is 2.26. The Morgan fingerprint density at radius 2 is 1.95 bits per heavy atom. The minimum Gasteiger partial charge on any atom is -0.375 e. The number of nitro benzene ring substituents is 1. The lowest BCUT2D eigenvalue weighted by Crippen LogP contribution is -2.03. The zero-order valence-electron chi connectivity index (χ0n) is 10.7. The van der Waals surface area contributed by atoms with Crippen molar-refractivity contribution in [1.82, 2.24) is 0 Å². The largest absolute Gasteiger partial charge is 0.375 e. The number of benzene rings is 2. The number of nitrogens with zero attached hydrogens (tertiary/aromatic N) is 1. The van der Waals surface area contributed by atoms with E-state index < -0.39 is 22.9 Å². The first-order valence-electron chi connectivity index (χ1n) is 6.02. The van der Waals surface area contributed by atoms with E-state index in [1.54, 1.807) is 6.07 Å². The molecule has 0 saturated carbocycles. The van der Waals surface area contributed by atoms with Gasteiger partial charge in [0.05, 0.1) is 11.0 Å². The molecule has 0 atom stereocenters. The van der Waals surface area contributed by atoms with Crippen LogP contribution in [0, 0.1) is 15.9 Å². The third-order valence-corrected chi connectivity index (χ3v) is 2.84. The lowest BCUT2D eigenvalue weighted by atomic mass is 10.1. The van der Waals surface area contributed by atoms with Crippen molar-refractivity contribution in [2.24, 2.45) is 0 Å². The maximum Gasteiger partial charge on any atom is 0.295 e. The van der Waals surface area contributed by atoms with Gasteiger partial charge in [-0.15, -0.1) is 0 Å². The van der Waals surface area contributed by atoms with Crippen LogP contribution < -0.4 is 5.32 Å². The van der Waals surface area contributed by atoms with E-state index in [4.69, 9.17) is 0 Å². The zero-order chi connectivity index (χ0) is 15.4. The fourth-order valence-corrected chi connectivity index (χ4v) is 1.84. The van der Waals surface area contributed by atoms with Crippen LogP contribution in [0.3, 0.4) is 0 Å². The first-order chi connectivity index (χ1) is 9.97. The summed E-state index contributed by atoms with van der Waals surface area (Å²) in [4.78, 5) is 10.1. The summed E-state index contributed by atoms with van der Waals surface area (Å²) in [5.74, 6) is -0.716. The van der Waals surface area contributed by atoms with Crippen LogP contribution >= 0.6 is 0 Å². The molecular weight excluding hydrogens is 285 g/mol. The monoisotopic (exact) mass is 296 g/mol. The van der Waals surface area contributed by atoms with Crippen molar-refractivity contribution in [2.45, 2.75) is 13.0 Å². The highest BCUT2D eigenvalue weighted by molar-refractivity contribution is 5.61. The summed E-state index contributed by atoms with van der Waals surface area (Å²) in [5.41, 5.74) is 0.151. The maximum atomic E-state index is 13.0. The summed E-state index contributed by atoms with van der Waals surface area (Å²) in [7, 11) is 0. The standard InChI is InChI=1S/C14H11F3N2O2/c15-11-4-5-12(13(7-11)19(20)21)18-8-9-2-1-3-10(6-9)14(16)17/h1-7,14,18H,8H2. The van der Waals surface area contributed by atoms with Crippen LogP contribution in [0.15, 0.2) is 42.5 Å². The number of alkyl halides is 2. The van der Waals surface area contributed by atoms with Gasteiger partial charge in [-0.2, -0.15) is 0 Å². The van der Waals surface area contributed by atoms with E-state index in [0.717, 1.165) is 12.1 Å². The smallest absolute Gasteiger partial charge is 0.295 e. The van der Waals surface area contributed by atoms with Crippen LogP contribution in [0.5, 0.6) is 0 Å². The number of hydrogen-bond acceptors (Lipinski definition) is 3. The number of hydrogen-bond donors (Lipinski definition) is 1. The van der Waals surface area contributed by atoms with Crippen molar-refractivity contribution in [3.63, 3.8) is 0 Å². The molecule has 0 aliphatic heterocycles. The van der Waals surface area contributed by atoms with Crippen molar-refractivity contribution in [1.29, 1.82) is 0 Å². The summed E-state index contributed by atoms with van der Waals surface area (Å²) < 4.78 is 38.1. The number of rotatable bonds is 5. The van der Waals surface area contributed by atoms with Crippen molar-refractivity contribution in [2.75, 3.05) is 5.32 Å². The lowest BCUT2D eigenvalue weighted by molar-refractivity contribution is -0.384. The summed E-state index contributed by atoms with van der Waals surface area (Å²) in [6, 6.07) is 8.85. The van der Waals surface area contributed by atoms with Crippen molar-refractivity contribution in [3.05, 3.63) is 69.5 Å². The molecule has 2 aromatic carbocycles. The minimum atomic E-state index is -2.58. The fraction of sp³-hybridized carbons (Fsp3) is 0.143. The Kier molecular flexibility index (Phi) is 4.42. The van der Waals surface area contributed by atoms with Crippen LogP contribution in [-0.2, 0) is 6.54 Å². The molecule has 2 aromatic rings. The third-order valence-electron chi connectivity index (χ3n) is 2.84. The Hall–Kier alpha value is -2.57. The van der Waals surface area contributed by atoms with Crippen molar-refractivity contribution in [3.8, 4) is 0 Å². The molecule has 0 aliphatic rings. The summed E-state index contributed by atoms with van der Waals surface area (Å²) >= 11 is 0. The van der Waals surface area contributed by atoms with Gasteiger partial charge in [-0.3, -0.25) is 10.1 Å². The van der Waals surface area contributed by atoms with Gasteiger partial charge in [0.2, 0.25) is 0 Å². The fourth-order valence-electron chi connectivity index (χ4n) is 1.84. The van der Waals surface area contributed by atoms with Crippen molar-refractivity contribution >= 4 is 11.4 Å². The summed E-state index contributed by atoms with van der Waals surface area (Å²) in [6.45, 7) is 0.118. The molecule has 21 heavy (non-hydrogen) atoms. The third kappa shape index (κ3) is 3.71. The number of halogens is 3. The first-order valence-corrected chi connectivity index (χ1v) is 6.02. The van der Waals surface area contributed by atoms with E-state index in [1.165, 1.54) is 24.3 Å².